The number of halogens is 1. The summed E-state index contributed by atoms with van der Waals surface area (Å²) >= 11 is 5.93. The molecule has 0 atom stereocenters. The molecule has 0 spiro atoms. The van der Waals surface area contributed by atoms with Crippen molar-refractivity contribution in [2.75, 3.05) is 18.6 Å². The van der Waals surface area contributed by atoms with E-state index in [1.54, 1.807) is 30.3 Å². The molecule has 2 N–H and O–H groups in total. The van der Waals surface area contributed by atoms with Crippen LogP contribution in [0.15, 0.2) is 48.2 Å². The molecular formula is C19H15ClN2O6. The van der Waals surface area contributed by atoms with Crippen molar-refractivity contribution in [1.82, 2.24) is 5.32 Å². The normalized spacial score (nSPS) is 14.9. The molecule has 0 unspecified atom stereocenters. The Kier molecular flexibility index (Phi) is 5.51. The number of carbonyl (C=O) groups is 3. The number of hydrogen-bond donors (Lipinski definition) is 2. The van der Waals surface area contributed by atoms with Crippen LogP contribution in [0, 0.1) is 0 Å². The summed E-state index contributed by atoms with van der Waals surface area (Å²) in [5.41, 5.74) is 0.982. The van der Waals surface area contributed by atoms with Gasteiger partial charge < -0.3 is 19.9 Å². The number of ether oxygens (including phenoxy) is 2. The lowest BCUT2D eigenvalue weighted by atomic mass is 10.1. The number of nitrogens with one attached hydrogen (secondary N) is 1. The topological polar surface area (TPSA) is 105 Å². The van der Waals surface area contributed by atoms with Crippen molar-refractivity contribution in [2.24, 2.45) is 0 Å². The van der Waals surface area contributed by atoms with Gasteiger partial charge in [0.15, 0.2) is 18.1 Å². The Morgan fingerprint density at radius 2 is 2.00 bits per heavy atom. The van der Waals surface area contributed by atoms with Crippen LogP contribution in [0.4, 0.5) is 10.5 Å². The number of carbonyl (C=O) groups excluding carboxylic acids is 2. The van der Waals surface area contributed by atoms with Crippen LogP contribution in [0.1, 0.15) is 5.56 Å². The molecule has 1 fully saturated rings. The molecule has 1 heterocycles. The summed E-state index contributed by atoms with van der Waals surface area (Å²) in [5, 5.41) is 11.6. The maximum absolute atomic E-state index is 12.6. The van der Waals surface area contributed by atoms with E-state index in [9.17, 15) is 14.4 Å². The number of carboxylic acid groups (broad SMARTS) is 1. The van der Waals surface area contributed by atoms with Crippen LogP contribution >= 0.6 is 11.6 Å². The van der Waals surface area contributed by atoms with Crippen molar-refractivity contribution in [1.29, 1.82) is 0 Å². The highest BCUT2D eigenvalue weighted by Crippen LogP contribution is 2.30. The van der Waals surface area contributed by atoms with Gasteiger partial charge in [0, 0.05) is 5.02 Å². The molecule has 28 heavy (non-hydrogen) atoms. The number of amides is 3. The predicted molar refractivity (Wildman–Crippen MR) is 102 cm³/mol. The van der Waals surface area contributed by atoms with E-state index in [2.05, 4.69) is 5.32 Å². The highest BCUT2D eigenvalue weighted by Gasteiger charge is 2.34. The summed E-state index contributed by atoms with van der Waals surface area (Å²) in [6.07, 6.45) is 1.48. The van der Waals surface area contributed by atoms with Crippen LogP contribution in [0.2, 0.25) is 5.02 Å². The summed E-state index contributed by atoms with van der Waals surface area (Å²) < 4.78 is 10.3. The van der Waals surface area contributed by atoms with Gasteiger partial charge >= 0.3 is 12.0 Å². The Labute approximate surface area is 164 Å². The molecule has 8 nitrogen and oxygen atoms in total. The Hall–Kier alpha value is -3.52. The Balaban J connectivity index is 1.86. The van der Waals surface area contributed by atoms with E-state index in [4.69, 9.17) is 26.2 Å². The zero-order valence-electron chi connectivity index (χ0n) is 14.6. The number of anilines is 1. The highest BCUT2D eigenvalue weighted by molar-refractivity contribution is 6.32. The number of rotatable bonds is 6. The summed E-state index contributed by atoms with van der Waals surface area (Å²) in [6.45, 7) is -0.514. The van der Waals surface area contributed by atoms with Gasteiger partial charge in [-0.3, -0.25) is 4.79 Å². The molecule has 144 valence electrons. The molecule has 2 aromatic carbocycles. The lowest BCUT2D eigenvalue weighted by Crippen LogP contribution is -2.30. The molecule has 1 aliphatic heterocycles. The minimum Gasteiger partial charge on any atom is -0.493 e. The third kappa shape index (κ3) is 4.07. The van der Waals surface area contributed by atoms with Crippen molar-refractivity contribution < 1.29 is 29.0 Å². The number of methoxy groups -OCH3 is 1. The monoisotopic (exact) mass is 402 g/mol. The minimum atomic E-state index is -1.12. The van der Waals surface area contributed by atoms with Crippen LogP contribution in [-0.4, -0.2) is 36.7 Å². The average molecular weight is 403 g/mol. The number of benzene rings is 2. The van der Waals surface area contributed by atoms with Crippen LogP contribution < -0.4 is 19.7 Å². The molecular weight excluding hydrogens is 388 g/mol. The first-order valence-corrected chi connectivity index (χ1v) is 8.42. The lowest BCUT2D eigenvalue weighted by molar-refractivity contribution is -0.139. The van der Waals surface area contributed by atoms with Gasteiger partial charge in [0.2, 0.25) is 0 Å². The third-order valence-electron chi connectivity index (χ3n) is 3.79. The summed E-state index contributed by atoms with van der Waals surface area (Å²) in [6, 6.07) is 10.5. The fourth-order valence-electron chi connectivity index (χ4n) is 2.58. The fraction of sp³-hybridized carbons (Fsp3) is 0.105. The molecule has 3 rings (SSSR count). The van der Waals surface area contributed by atoms with Crippen molar-refractivity contribution in [3.63, 3.8) is 0 Å². The van der Waals surface area contributed by atoms with Gasteiger partial charge in [-0.05, 0) is 42.0 Å². The van der Waals surface area contributed by atoms with E-state index in [1.165, 1.54) is 25.3 Å². The summed E-state index contributed by atoms with van der Waals surface area (Å²) in [7, 11) is 1.41. The number of urea groups is 1. The molecule has 9 heteroatoms. The molecule has 0 bridgehead atoms. The van der Waals surface area contributed by atoms with Crippen molar-refractivity contribution >= 4 is 41.3 Å². The van der Waals surface area contributed by atoms with E-state index >= 15 is 0 Å². The van der Waals surface area contributed by atoms with Gasteiger partial charge in [0.05, 0.1) is 12.8 Å². The van der Waals surface area contributed by atoms with E-state index in [1.807, 2.05) is 0 Å². The van der Waals surface area contributed by atoms with Crippen LogP contribution in [0.3, 0.4) is 0 Å². The average Bonchev–Trinajstić information content (AvgIpc) is 2.93. The summed E-state index contributed by atoms with van der Waals surface area (Å²) in [5.74, 6) is -1.11. The lowest BCUT2D eigenvalue weighted by Gasteiger charge is -2.11. The quantitative estimate of drug-likeness (QED) is 0.568. The zero-order valence-corrected chi connectivity index (χ0v) is 15.4. The smallest absolute Gasteiger partial charge is 0.341 e. The van der Waals surface area contributed by atoms with Crippen molar-refractivity contribution in [3.05, 3.63) is 58.7 Å². The van der Waals surface area contributed by atoms with E-state index < -0.39 is 24.5 Å². The van der Waals surface area contributed by atoms with Crippen LogP contribution in [0.25, 0.3) is 6.08 Å². The molecule has 3 amide bonds. The zero-order chi connectivity index (χ0) is 20.3. The van der Waals surface area contributed by atoms with Gasteiger partial charge in [0.1, 0.15) is 5.70 Å². The molecule has 0 aliphatic carbocycles. The minimum absolute atomic E-state index is 0.0752. The molecule has 2 aromatic rings. The first-order valence-electron chi connectivity index (χ1n) is 8.04. The maximum Gasteiger partial charge on any atom is 0.341 e. The fourth-order valence-corrected chi connectivity index (χ4v) is 2.77. The third-order valence-corrected chi connectivity index (χ3v) is 4.03. The predicted octanol–water partition coefficient (Wildman–Crippen LogP) is 2.91. The highest BCUT2D eigenvalue weighted by atomic mass is 35.5. The van der Waals surface area contributed by atoms with Gasteiger partial charge in [-0.25, -0.2) is 14.5 Å². The van der Waals surface area contributed by atoms with Gasteiger partial charge in [-0.1, -0.05) is 23.7 Å². The first kappa shape index (κ1) is 19.2. The Morgan fingerprint density at radius 1 is 1.21 bits per heavy atom. The SMILES string of the molecule is COc1cc(/C=C2/NC(=O)N(c3cccc(Cl)c3)C2=O)ccc1OCC(=O)O. The maximum atomic E-state index is 12.6. The molecule has 0 radical (unpaired) electrons. The van der Waals surface area contributed by atoms with Crippen molar-refractivity contribution in [3.8, 4) is 11.5 Å². The second-order valence-corrected chi connectivity index (χ2v) is 6.14. The number of carboxylic acids is 1. The number of aliphatic carboxylic acids is 1. The molecule has 0 saturated carbocycles. The van der Waals surface area contributed by atoms with Gasteiger partial charge in [-0.15, -0.1) is 0 Å². The Bertz CT molecular complexity index is 988. The molecule has 1 saturated heterocycles. The van der Waals surface area contributed by atoms with E-state index in [-0.39, 0.29) is 11.4 Å². The molecule has 0 aromatic heterocycles. The second-order valence-electron chi connectivity index (χ2n) is 5.70. The van der Waals surface area contributed by atoms with Gasteiger partial charge in [0.25, 0.3) is 5.91 Å². The number of imide groups is 1. The van der Waals surface area contributed by atoms with Gasteiger partial charge in [-0.2, -0.15) is 0 Å². The number of hydrogen-bond acceptors (Lipinski definition) is 5. The van der Waals surface area contributed by atoms with E-state index in [0.29, 0.717) is 22.0 Å². The Morgan fingerprint density at radius 3 is 2.68 bits per heavy atom. The summed E-state index contributed by atoms with van der Waals surface area (Å²) in [4.78, 5) is 36.5. The largest absolute Gasteiger partial charge is 0.493 e. The van der Waals surface area contributed by atoms with Crippen molar-refractivity contribution in [2.45, 2.75) is 0 Å². The second kappa shape index (κ2) is 8.01. The van der Waals surface area contributed by atoms with Crippen LogP contribution in [0.5, 0.6) is 11.5 Å². The standard InChI is InChI=1S/C19H15ClN2O6/c1-27-16-8-11(5-6-15(16)28-10-17(23)24)7-14-18(25)22(19(26)21-14)13-4-2-3-12(20)9-13/h2-9H,10H2,1H3,(H,21,26)(H,23,24)/b14-7+. The molecule has 1 aliphatic rings. The first-order chi connectivity index (χ1) is 13.4. The van der Waals surface area contributed by atoms with E-state index in [0.717, 1.165) is 4.90 Å². The van der Waals surface area contributed by atoms with Crippen LogP contribution in [-0.2, 0) is 9.59 Å². The number of nitrogens with zero attached hydrogens (tertiary/aromatic N) is 1.